The second-order valence-electron chi connectivity index (χ2n) is 1.08. The van der Waals surface area contributed by atoms with E-state index in [0.29, 0.717) is 0 Å². The third-order valence-electron chi connectivity index (χ3n) is 0. The van der Waals surface area contributed by atoms with Crippen LogP contribution < -0.4 is 18.9 Å². The fourth-order valence-electron chi connectivity index (χ4n) is 0. The molecule has 0 bridgehead atoms. The molecule has 0 saturated carbocycles. The van der Waals surface area contributed by atoms with Gasteiger partial charge in [-0.15, -0.1) is 0 Å². The molecule has 0 atom stereocenters. The summed E-state index contributed by atoms with van der Waals surface area (Å²) in [4.78, 5) is 1.75. The van der Waals surface area contributed by atoms with Gasteiger partial charge in [-0.25, -0.2) is 0 Å². The Bertz CT molecular complexity index is 11.6. The molecule has 26 valence electrons. The van der Waals surface area contributed by atoms with Crippen LogP contribution >= 0.6 is 0 Å². The molecule has 0 aromatic rings. The van der Waals surface area contributed by atoms with Crippen molar-refractivity contribution in [3.63, 3.8) is 0 Å². The summed E-state index contributed by atoms with van der Waals surface area (Å²) >= 11 is 0. The number of rotatable bonds is 0. The number of hydrogen-bond donors (Lipinski definition) is 0. The van der Waals surface area contributed by atoms with Crippen LogP contribution in [0.2, 0.25) is 0 Å². The van der Waals surface area contributed by atoms with Crippen LogP contribution in [0.25, 0.3) is 0 Å². The molecule has 0 aliphatic heterocycles. The Morgan fingerprint density at radius 1 is 1.40 bits per heavy atom. The normalized spacial score (nSPS) is 7.20. The molecule has 0 amide bonds. The average Bonchev–Trinajstić information content (AvgIpc) is 0.811. The molecule has 0 spiro atoms. The van der Waals surface area contributed by atoms with Crippen molar-refractivity contribution in [1.29, 1.82) is 0 Å². The molecule has 0 N–H and O–H groups in total. The monoisotopic (exact) mass is 65.1 g/mol. The predicted molar refractivity (Wildman–Crippen MR) is 19.0 cm³/mol. The van der Waals surface area contributed by atoms with Gasteiger partial charge in [-0.1, -0.05) is 0 Å². The standard InChI is InChI=1S/C3H8N.Li/c1-4(2)3;/h1H2,2-3H3;/q-1;+1. The van der Waals surface area contributed by atoms with Crippen molar-refractivity contribution >= 4 is 0 Å². The Hall–Kier alpha value is 0.557. The van der Waals surface area contributed by atoms with Gasteiger partial charge in [0.2, 0.25) is 0 Å². The maximum absolute atomic E-state index is 3.47. The van der Waals surface area contributed by atoms with E-state index in [2.05, 4.69) is 7.05 Å². The minimum Gasteiger partial charge on any atom is -0.464 e. The van der Waals surface area contributed by atoms with Crippen molar-refractivity contribution in [2.24, 2.45) is 0 Å². The van der Waals surface area contributed by atoms with Gasteiger partial charge in [0, 0.05) is 0 Å². The van der Waals surface area contributed by atoms with E-state index in [4.69, 9.17) is 0 Å². The summed E-state index contributed by atoms with van der Waals surface area (Å²) in [5.74, 6) is 0. The molecule has 0 aliphatic rings. The van der Waals surface area contributed by atoms with Crippen molar-refractivity contribution in [1.82, 2.24) is 4.90 Å². The van der Waals surface area contributed by atoms with Crippen LogP contribution in [0.15, 0.2) is 0 Å². The SMILES string of the molecule is [CH2-]N(C)C.[Li+]. The summed E-state index contributed by atoms with van der Waals surface area (Å²) in [5, 5.41) is 0. The summed E-state index contributed by atoms with van der Waals surface area (Å²) in [6.45, 7) is 0. The first kappa shape index (κ1) is 9.12. The van der Waals surface area contributed by atoms with Crippen molar-refractivity contribution in [2.45, 2.75) is 0 Å². The molecule has 0 heterocycles. The van der Waals surface area contributed by atoms with Crippen molar-refractivity contribution in [3.8, 4) is 0 Å². The molecule has 0 aromatic heterocycles. The topological polar surface area (TPSA) is 3.24 Å². The average molecular weight is 65.0 g/mol. The van der Waals surface area contributed by atoms with Gasteiger partial charge in [-0.2, -0.15) is 0 Å². The molecule has 0 aliphatic carbocycles. The second-order valence-corrected chi connectivity index (χ2v) is 1.08. The smallest absolute Gasteiger partial charge is 0.464 e. The van der Waals surface area contributed by atoms with E-state index in [1.54, 1.807) is 4.90 Å². The molecule has 0 fully saturated rings. The van der Waals surface area contributed by atoms with Crippen LogP contribution in [0.5, 0.6) is 0 Å². The van der Waals surface area contributed by atoms with Gasteiger partial charge < -0.3 is 4.90 Å². The van der Waals surface area contributed by atoms with E-state index in [9.17, 15) is 0 Å². The minimum atomic E-state index is 0. The van der Waals surface area contributed by atoms with Crippen LogP contribution in [-0.2, 0) is 0 Å². The van der Waals surface area contributed by atoms with E-state index >= 15 is 0 Å². The molecule has 0 rings (SSSR count). The van der Waals surface area contributed by atoms with E-state index in [1.165, 1.54) is 0 Å². The third-order valence-corrected chi connectivity index (χ3v) is 0. The Balaban J connectivity index is 0. The van der Waals surface area contributed by atoms with Crippen molar-refractivity contribution in [3.05, 3.63) is 7.05 Å². The maximum atomic E-state index is 3.47. The molecular weight excluding hydrogens is 57.0 g/mol. The van der Waals surface area contributed by atoms with E-state index in [1.807, 2.05) is 14.1 Å². The third kappa shape index (κ3) is 95.9. The zero-order valence-electron chi connectivity index (χ0n) is 4.15. The molecule has 0 unspecified atom stereocenters. The van der Waals surface area contributed by atoms with E-state index in [-0.39, 0.29) is 18.9 Å². The fraction of sp³-hybridized carbons (Fsp3) is 0.667. The van der Waals surface area contributed by atoms with E-state index < -0.39 is 0 Å². The van der Waals surface area contributed by atoms with Crippen molar-refractivity contribution in [2.75, 3.05) is 14.1 Å². The second kappa shape index (κ2) is 4.56. The first-order valence-corrected chi connectivity index (χ1v) is 1.21. The summed E-state index contributed by atoms with van der Waals surface area (Å²) in [6.07, 6.45) is 0. The Kier molecular flexibility index (Phi) is 8.31. The van der Waals surface area contributed by atoms with Gasteiger partial charge in [0.05, 0.1) is 0 Å². The van der Waals surface area contributed by atoms with Gasteiger partial charge in [0.1, 0.15) is 0 Å². The maximum Gasteiger partial charge on any atom is 1.00 e. The molecular formula is C3H8LiN. The van der Waals surface area contributed by atoms with Crippen LogP contribution in [0.1, 0.15) is 0 Å². The quantitative estimate of drug-likeness (QED) is 0.220. The summed E-state index contributed by atoms with van der Waals surface area (Å²) in [5.41, 5.74) is 0. The Morgan fingerprint density at radius 3 is 1.40 bits per heavy atom. The Labute approximate surface area is 45.5 Å². The van der Waals surface area contributed by atoms with Crippen LogP contribution in [-0.4, -0.2) is 19.0 Å². The van der Waals surface area contributed by atoms with Gasteiger partial charge in [0.15, 0.2) is 0 Å². The zero-order chi connectivity index (χ0) is 3.58. The molecule has 0 aromatic carbocycles. The predicted octanol–water partition coefficient (Wildman–Crippen LogP) is -2.66. The van der Waals surface area contributed by atoms with Gasteiger partial charge >= 0.3 is 18.9 Å². The fourth-order valence-corrected chi connectivity index (χ4v) is 0. The largest absolute Gasteiger partial charge is 1.00 e. The molecule has 0 saturated heterocycles. The molecule has 0 radical (unpaired) electrons. The summed E-state index contributed by atoms with van der Waals surface area (Å²) in [6, 6.07) is 0. The van der Waals surface area contributed by atoms with E-state index in [0.717, 1.165) is 0 Å². The van der Waals surface area contributed by atoms with Gasteiger partial charge in [-0.05, 0) is 14.1 Å². The first-order valence-electron chi connectivity index (χ1n) is 1.21. The summed E-state index contributed by atoms with van der Waals surface area (Å²) in [7, 11) is 7.25. The molecule has 5 heavy (non-hydrogen) atoms. The van der Waals surface area contributed by atoms with Crippen LogP contribution in [0.4, 0.5) is 0 Å². The Morgan fingerprint density at radius 2 is 1.40 bits per heavy atom. The van der Waals surface area contributed by atoms with Crippen LogP contribution in [0.3, 0.4) is 0 Å². The van der Waals surface area contributed by atoms with Gasteiger partial charge in [-0.3, -0.25) is 7.05 Å². The molecule has 1 nitrogen and oxygen atoms in total. The van der Waals surface area contributed by atoms with Crippen LogP contribution in [0, 0.1) is 7.05 Å². The number of hydrogen-bond acceptors (Lipinski definition) is 1. The van der Waals surface area contributed by atoms with Crippen molar-refractivity contribution < 1.29 is 18.9 Å². The number of nitrogens with zero attached hydrogens (tertiary/aromatic N) is 1. The van der Waals surface area contributed by atoms with Gasteiger partial charge in [0.25, 0.3) is 0 Å². The molecule has 2 heteroatoms. The summed E-state index contributed by atoms with van der Waals surface area (Å²) < 4.78 is 0. The first-order chi connectivity index (χ1) is 1.73. The minimum absolute atomic E-state index is 0. The zero-order valence-corrected chi connectivity index (χ0v) is 4.15.